The summed E-state index contributed by atoms with van der Waals surface area (Å²) in [5, 5.41) is 10.7. The fourth-order valence-corrected chi connectivity index (χ4v) is 4.75. The number of aliphatic hydroxyl groups is 1. The predicted molar refractivity (Wildman–Crippen MR) is 116 cm³/mol. The Labute approximate surface area is 187 Å². The molecule has 1 aliphatic carbocycles. The van der Waals surface area contributed by atoms with Gasteiger partial charge < -0.3 is 14.4 Å². The van der Waals surface area contributed by atoms with Crippen LogP contribution in [0.2, 0.25) is 0 Å². The van der Waals surface area contributed by atoms with E-state index >= 15 is 4.39 Å². The Kier molecular flexibility index (Phi) is 4.65. The zero-order valence-electron chi connectivity index (χ0n) is 17.5. The second-order valence-electron chi connectivity index (χ2n) is 8.59. The number of alkyl halides is 2. The third-order valence-corrected chi connectivity index (χ3v) is 6.45. The van der Waals surface area contributed by atoms with E-state index in [4.69, 9.17) is 4.74 Å². The number of aliphatic hydroxyl groups excluding tert-OH is 1. The van der Waals surface area contributed by atoms with Crippen molar-refractivity contribution >= 4 is 11.0 Å². The third-order valence-electron chi connectivity index (χ3n) is 6.45. The lowest BCUT2D eigenvalue weighted by Gasteiger charge is -2.19. The van der Waals surface area contributed by atoms with Gasteiger partial charge in [-0.05, 0) is 31.0 Å². The van der Waals surface area contributed by atoms with Gasteiger partial charge in [0.1, 0.15) is 23.5 Å². The summed E-state index contributed by atoms with van der Waals surface area (Å²) < 4.78 is 47.5. The summed E-state index contributed by atoms with van der Waals surface area (Å²) in [6, 6.07) is 12.9. The highest BCUT2D eigenvalue weighted by Gasteiger charge is 2.36. The zero-order valence-corrected chi connectivity index (χ0v) is 17.5. The maximum absolute atomic E-state index is 15.0. The van der Waals surface area contributed by atoms with Crippen LogP contribution in [0.3, 0.4) is 0 Å². The van der Waals surface area contributed by atoms with Crippen molar-refractivity contribution in [1.29, 1.82) is 0 Å². The number of imidazole rings is 1. The summed E-state index contributed by atoms with van der Waals surface area (Å²) in [5.41, 5.74) is 3.55. The van der Waals surface area contributed by atoms with Crippen LogP contribution in [-0.4, -0.2) is 26.3 Å². The molecule has 1 fully saturated rings. The Morgan fingerprint density at radius 2 is 1.91 bits per heavy atom. The van der Waals surface area contributed by atoms with Gasteiger partial charge in [-0.25, -0.2) is 9.37 Å². The molecular weight excluding hydrogens is 431 g/mol. The van der Waals surface area contributed by atoms with Crippen molar-refractivity contribution in [3.63, 3.8) is 0 Å². The first kappa shape index (κ1) is 20.2. The number of para-hydroxylation sites is 1. The van der Waals surface area contributed by atoms with Gasteiger partial charge in [0, 0.05) is 47.0 Å². The normalized spacial score (nSPS) is 19.9. The largest absolute Gasteiger partial charge is 0.434 e. The number of hydrogen-bond acceptors (Lipinski definition) is 4. The molecule has 8 heteroatoms. The second kappa shape index (κ2) is 7.59. The zero-order chi connectivity index (χ0) is 22.7. The van der Waals surface area contributed by atoms with Gasteiger partial charge in [0.2, 0.25) is 0 Å². The van der Waals surface area contributed by atoms with E-state index in [0.717, 1.165) is 18.5 Å². The minimum atomic E-state index is -2.97. The summed E-state index contributed by atoms with van der Waals surface area (Å²) >= 11 is 0. The Bertz CT molecular complexity index is 1350. The molecule has 1 N–H and O–H groups in total. The molecule has 0 radical (unpaired) electrons. The Morgan fingerprint density at radius 1 is 1.09 bits per heavy atom. The number of aromatic nitrogens is 3. The molecule has 4 aromatic rings. The van der Waals surface area contributed by atoms with Crippen molar-refractivity contribution in [2.45, 2.75) is 43.9 Å². The van der Waals surface area contributed by atoms with Gasteiger partial charge in [-0.1, -0.05) is 24.3 Å². The summed E-state index contributed by atoms with van der Waals surface area (Å²) in [6.07, 6.45) is 3.29. The van der Waals surface area contributed by atoms with Crippen LogP contribution in [0, 0.1) is 5.82 Å². The number of benzene rings is 2. The van der Waals surface area contributed by atoms with Crippen molar-refractivity contribution in [1.82, 2.24) is 14.5 Å². The van der Waals surface area contributed by atoms with Crippen LogP contribution in [-0.2, 0) is 0 Å². The first-order valence-electron chi connectivity index (χ1n) is 10.9. The van der Waals surface area contributed by atoms with E-state index in [9.17, 15) is 13.9 Å². The lowest BCUT2D eigenvalue weighted by molar-refractivity contribution is -0.0507. The monoisotopic (exact) mass is 451 g/mol. The van der Waals surface area contributed by atoms with Crippen LogP contribution in [0.15, 0.2) is 54.7 Å². The molecule has 6 rings (SSSR count). The average molecular weight is 451 g/mol. The quantitative estimate of drug-likeness (QED) is 0.420. The maximum atomic E-state index is 15.0. The van der Waals surface area contributed by atoms with E-state index in [-0.39, 0.29) is 12.2 Å². The maximum Gasteiger partial charge on any atom is 0.387 e. The molecule has 0 saturated heterocycles. The molecule has 1 aliphatic heterocycles. The van der Waals surface area contributed by atoms with Gasteiger partial charge in [-0.3, -0.25) is 4.98 Å². The predicted octanol–water partition coefficient (Wildman–Crippen LogP) is 5.74. The number of rotatable bonds is 5. The Hall–Kier alpha value is -3.39. The fourth-order valence-electron chi connectivity index (χ4n) is 4.75. The summed E-state index contributed by atoms with van der Waals surface area (Å²) in [5.74, 6) is 0.483. The van der Waals surface area contributed by atoms with E-state index < -0.39 is 24.6 Å². The SMILES string of the molecule is OC1C[C@@H](c2ccccc2OC(F)F)n2c1nc1cc(F)c(-c3ccc(C4CC4)nc3)cc12. The molecule has 2 atom stereocenters. The molecule has 2 aliphatic rings. The van der Waals surface area contributed by atoms with Gasteiger partial charge in [0.15, 0.2) is 0 Å². The standard InChI is InChI=1S/C25H20F3N3O2/c26-17-10-19-21(9-16(17)14-7-8-18(29-12-14)13-5-6-13)31-20(11-22(32)24(31)30-19)15-3-1-2-4-23(15)33-25(27)28/h1-4,7-10,12-13,20,22,25,32H,5-6,11H2/t20-,22?/m0/s1. The molecule has 33 heavy (non-hydrogen) atoms. The number of nitrogens with zero attached hydrogens (tertiary/aromatic N) is 3. The first-order valence-corrected chi connectivity index (χ1v) is 10.9. The van der Waals surface area contributed by atoms with Gasteiger partial charge in [-0.15, -0.1) is 0 Å². The lowest BCUT2D eigenvalue weighted by atomic mass is 10.0. The molecule has 2 aromatic heterocycles. The highest BCUT2D eigenvalue weighted by atomic mass is 19.3. The second-order valence-corrected chi connectivity index (χ2v) is 8.59. The molecule has 1 unspecified atom stereocenters. The molecule has 1 saturated carbocycles. The molecule has 0 amide bonds. The molecule has 5 nitrogen and oxygen atoms in total. The molecule has 168 valence electrons. The van der Waals surface area contributed by atoms with Crippen LogP contribution in [0.25, 0.3) is 22.2 Å². The fraction of sp³-hybridized carbons (Fsp3) is 0.280. The van der Waals surface area contributed by atoms with E-state index in [1.165, 1.54) is 12.1 Å². The Morgan fingerprint density at radius 3 is 2.64 bits per heavy atom. The number of halogens is 3. The van der Waals surface area contributed by atoms with Gasteiger partial charge in [-0.2, -0.15) is 8.78 Å². The van der Waals surface area contributed by atoms with Gasteiger partial charge >= 0.3 is 6.61 Å². The van der Waals surface area contributed by atoms with Crippen LogP contribution >= 0.6 is 0 Å². The third kappa shape index (κ3) is 3.45. The highest BCUT2D eigenvalue weighted by molar-refractivity contribution is 5.83. The van der Waals surface area contributed by atoms with Crippen LogP contribution < -0.4 is 4.74 Å². The van der Waals surface area contributed by atoms with Crippen molar-refractivity contribution < 1.29 is 23.0 Å². The molecule has 0 spiro atoms. The molecule has 3 heterocycles. The highest BCUT2D eigenvalue weighted by Crippen LogP contribution is 2.45. The van der Waals surface area contributed by atoms with E-state index in [0.29, 0.717) is 39.5 Å². The number of hydrogen-bond donors (Lipinski definition) is 1. The van der Waals surface area contributed by atoms with Crippen molar-refractivity contribution in [3.8, 4) is 16.9 Å². The summed E-state index contributed by atoms with van der Waals surface area (Å²) in [7, 11) is 0. The number of pyridine rings is 1. The van der Waals surface area contributed by atoms with Crippen LogP contribution in [0.1, 0.15) is 54.4 Å². The first-order chi connectivity index (χ1) is 16.0. The Balaban J connectivity index is 1.47. The summed E-state index contributed by atoms with van der Waals surface area (Å²) in [6.45, 7) is -2.97. The minimum absolute atomic E-state index is 0.0431. The minimum Gasteiger partial charge on any atom is -0.434 e. The molecule has 2 aromatic carbocycles. The van der Waals surface area contributed by atoms with Crippen molar-refractivity contribution in [2.24, 2.45) is 0 Å². The lowest BCUT2D eigenvalue weighted by Crippen LogP contribution is -2.10. The molecule has 0 bridgehead atoms. The van der Waals surface area contributed by atoms with Gasteiger partial charge in [0.05, 0.1) is 17.1 Å². The van der Waals surface area contributed by atoms with E-state index in [1.54, 1.807) is 35.0 Å². The van der Waals surface area contributed by atoms with E-state index in [1.807, 2.05) is 12.1 Å². The number of ether oxygens (including phenoxy) is 1. The molecular formula is C25H20F3N3O2. The average Bonchev–Trinajstić information content (AvgIpc) is 3.51. The number of fused-ring (bicyclic) bond motifs is 3. The van der Waals surface area contributed by atoms with Crippen molar-refractivity contribution in [3.05, 3.63) is 77.6 Å². The smallest absolute Gasteiger partial charge is 0.387 e. The van der Waals surface area contributed by atoms with Crippen LogP contribution in [0.5, 0.6) is 5.75 Å². The van der Waals surface area contributed by atoms with Crippen LogP contribution in [0.4, 0.5) is 13.2 Å². The van der Waals surface area contributed by atoms with Gasteiger partial charge in [0.25, 0.3) is 0 Å². The van der Waals surface area contributed by atoms with E-state index in [2.05, 4.69) is 9.97 Å². The topological polar surface area (TPSA) is 60.2 Å². The summed E-state index contributed by atoms with van der Waals surface area (Å²) in [4.78, 5) is 8.95. The van der Waals surface area contributed by atoms with Crippen molar-refractivity contribution in [2.75, 3.05) is 0 Å².